The highest BCUT2D eigenvalue weighted by molar-refractivity contribution is 6.59. The molecule has 30 heavy (non-hydrogen) atoms. The van der Waals surface area contributed by atoms with Gasteiger partial charge in [-0.2, -0.15) is 0 Å². The summed E-state index contributed by atoms with van der Waals surface area (Å²) in [7, 11) is -2.85. The maximum Gasteiger partial charge on any atom is 0.488 e. The van der Waals surface area contributed by atoms with Crippen molar-refractivity contribution in [2.24, 2.45) is 11.8 Å². The normalized spacial score (nSPS) is 31.8. The molecule has 4 fully saturated rings. The van der Waals surface area contributed by atoms with Crippen molar-refractivity contribution in [3.05, 3.63) is 58.7 Å². The molecule has 0 atom stereocenters. The highest BCUT2D eigenvalue weighted by Crippen LogP contribution is 2.66. The summed E-state index contributed by atoms with van der Waals surface area (Å²) >= 11 is 0. The lowest BCUT2D eigenvalue weighted by Crippen LogP contribution is -2.56. The van der Waals surface area contributed by atoms with Gasteiger partial charge in [0.25, 0.3) is 0 Å². The molecule has 0 radical (unpaired) electrons. The van der Waals surface area contributed by atoms with Crippen LogP contribution in [0.3, 0.4) is 0 Å². The van der Waals surface area contributed by atoms with Gasteiger partial charge in [0.15, 0.2) is 0 Å². The average molecular weight is 404 g/mol. The number of benzene rings is 2. The van der Waals surface area contributed by atoms with E-state index >= 15 is 0 Å². The summed E-state index contributed by atoms with van der Waals surface area (Å²) in [5.74, 6) is 1.44. The summed E-state index contributed by atoms with van der Waals surface area (Å²) in [6.45, 7) is 3.94. The van der Waals surface area contributed by atoms with Gasteiger partial charge in [0.05, 0.1) is 0 Å². The monoisotopic (exact) mass is 404 g/mol. The molecule has 2 aromatic carbocycles. The van der Waals surface area contributed by atoms with Crippen molar-refractivity contribution in [3.63, 3.8) is 0 Å². The summed E-state index contributed by atoms with van der Waals surface area (Å²) in [5, 5.41) is 38.5. The molecule has 0 saturated heterocycles. The van der Waals surface area contributed by atoms with E-state index in [9.17, 15) is 20.1 Å². The Balaban J connectivity index is 1.56. The van der Waals surface area contributed by atoms with Crippen LogP contribution in [0, 0.1) is 25.7 Å². The minimum absolute atomic E-state index is 0.150. The van der Waals surface area contributed by atoms with Gasteiger partial charge < -0.3 is 20.1 Å². The molecule has 0 spiro atoms. The van der Waals surface area contributed by atoms with Gasteiger partial charge in [0, 0.05) is 0 Å². The predicted octanol–water partition coefficient (Wildman–Crippen LogP) is 1.45. The van der Waals surface area contributed by atoms with Crippen LogP contribution >= 0.6 is 0 Å². The number of rotatable bonds is 4. The fourth-order valence-electron chi connectivity index (χ4n) is 7.53. The average Bonchev–Trinajstić information content (AvgIpc) is 2.66. The minimum Gasteiger partial charge on any atom is -0.423 e. The third-order valence-electron chi connectivity index (χ3n) is 8.38. The zero-order valence-corrected chi connectivity index (χ0v) is 17.8. The zero-order chi connectivity index (χ0) is 21.3. The van der Waals surface area contributed by atoms with E-state index in [0.29, 0.717) is 10.9 Å². The van der Waals surface area contributed by atoms with Crippen LogP contribution in [0.15, 0.2) is 36.4 Å². The van der Waals surface area contributed by atoms with Gasteiger partial charge in [-0.3, -0.25) is 0 Å². The molecule has 0 aliphatic heterocycles. The van der Waals surface area contributed by atoms with Gasteiger partial charge in [-0.05, 0) is 97.1 Å². The van der Waals surface area contributed by atoms with Crippen LogP contribution in [0.4, 0.5) is 0 Å². The molecule has 0 amide bonds. The molecule has 0 heterocycles. The predicted molar refractivity (Wildman–Crippen MR) is 120 cm³/mol. The van der Waals surface area contributed by atoms with Crippen molar-refractivity contribution in [2.75, 3.05) is 0 Å². The molecule has 0 aromatic heterocycles. The summed E-state index contributed by atoms with van der Waals surface area (Å²) < 4.78 is 0. The first kappa shape index (κ1) is 20.3. The zero-order valence-electron chi connectivity index (χ0n) is 17.8. The van der Waals surface area contributed by atoms with Crippen molar-refractivity contribution >= 4 is 25.2 Å². The van der Waals surface area contributed by atoms with Crippen molar-refractivity contribution < 1.29 is 20.1 Å². The molecule has 4 aliphatic rings. The maximum atomic E-state index is 9.63. The number of aryl methyl sites for hydroxylation is 2. The van der Waals surface area contributed by atoms with E-state index in [-0.39, 0.29) is 10.8 Å². The molecule has 4 N–H and O–H groups in total. The summed E-state index contributed by atoms with van der Waals surface area (Å²) in [6, 6.07) is 12.4. The Morgan fingerprint density at radius 2 is 1.10 bits per heavy atom. The van der Waals surface area contributed by atoms with Crippen LogP contribution in [0.1, 0.15) is 60.8 Å². The third-order valence-corrected chi connectivity index (χ3v) is 8.38. The van der Waals surface area contributed by atoms with E-state index in [1.54, 1.807) is 0 Å². The highest BCUT2D eigenvalue weighted by atomic mass is 16.4. The molecule has 6 heteroatoms. The Morgan fingerprint density at radius 3 is 1.43 bits per heavy atom. The van der Waals surface area contributed by atoms with Gasteiger partial charge in [0.1, 0.15) is 0 Å². The van der Waals surface area contributed by atoms with Crippen molar-refractivity contribution in [1.82, 2.24) is 0 Å². The van der Waals surface area contributed by atoms with E-state index in [1.807, 2.05) is 26.0 Å². The summed E-state index contributed by atoms with van der Waals surface area (Å²) in [6.07, 6.45) is 7.32. The first-order valence-corrected chi connectivity index (χ1v) is 11.2. The van der Waals surface area contributed by atoms with E-state index in [4.69, 9.17) is 0 Å². The lowest BCUT2D eigenvalue weighted by Gasteiger charge is -2.63. The quantitative estimate of drug-likeness (QED) is 0.582. The van der Waals surface area contributed by atoms with Crippen LogP contribution in [0.5, 0.6) is 0 Å². The van der Waals surface area contributed by atoms with Crippen LogP contribution in [0.2, 0.25) is 0 Å². The van der Waals surface area contributed by atoms with Crippen LogP contribution in [-0.4, -0.2) is 34.3 Å². The molecule has 156 valence electrons. The van der Waals surface area contributed by atoms with Crippen LogP contribution in [-0.2, 0) is 10.8 Å². The Bertz CT molecular complexity index is 898. The van der Waals surface area contributed by atoms with Crippen molar-refractivity contribution in [2.45, 2.75) is 63.2 Å². The molecule has 4 bridgehead atoms. The fraction of sp³-hybridized carbons (Fsp3) is 0.500. The van der Waals surface area contributed by atoms with Gasteiger partial charge >= 0.3 is 14.2 Å². The SMILES string of the molecule is Cc1cc(C23CC4CC(C2)CC(c2ccc(B(O)O)c(C)c2)(C4)C3)ccc1B(O)O. The number of hydrogen-bond donors (Lipinski definition) is 4. The van der Waals surface area contributed by atoms with E-state index in [1.165, 1.54) is 43.2 Å². The van der Waals surface area contributed by atoms with E-state index < -0.39 is 14.2 Å². The van der Waals surface area contributed by atoms with Gasteiger partial charge in [0.2, 0.25) is 0 Å². The maximum absolute atomic E-state index is 9.63. The van der Waals surface area contributed by atoms with E-state index in [0.717, 1.165) is 29.4 Å². The standard InChI is InChI=1S/C24H30B2O4/c1-15-7-19(3-5-21(15)25(27)28)23-10-17-9-18(11-23)13-24(12-17,14-23)20-4-6-22(26(29)30)16(2)8-20/h3-8,17-18,27-30H,9-14H2,1-2H3. The second kappa shape index (κ2) is 6.96. The molecular formula is C24H30B2O4. The Labute approximate surface area is 179 Å². The molecule has 4 saturated carbocycles. The molecule has 4 nitrogen and oxygen atoms in total. The summed E-state index contributed by atoms with van der Waals surface area (Å²) in [4.78, 5) is 0. The molecule has 6 rings (SSSR count). The second-order valence-corrected chi connectivity index (χ2v) is 10.4. The lowest BCUT2D eigenvalue weighted by atomic mass is 9.41. The van der Waals surface area contributed by atoms with Gasteiger partial charge in [-0.15, -0.1) is 0 Å². The summed E-state index contributed by atoms with van der Waals surface area (Å²) in [5.41, 5.74) is 6.07. The Kier molecular flexibility index (Phi) is 4.71. The van der Waals surface area contributed by atoms with Crippen LogP contribution < -0.4 is 10.9 Å². The van der Waals surface area contributed by atoms with Gasteiger partial charge in [-0.1, -0.05) is 47.5 Å². The number of hydrogen-bond acceptors (Lipinski definition) is 4. The second-order valence-electron chi connectivity index (χ2n) is 10.4. The lowest BCUT2D eigenvalue weighted by molar-refractivity contribution is -0.0281. The van der Waals surface area contributed by atoms with E-state index in [2.05, 4.69) is 24.3 Å². The molecule has 2 aromatic rings. The smallest absolute Gasteiger partial charge is 0.423 e. The van der Waals surface area contributed by atoms with Gasteiger partial charge in [-0.25, -0.2) is 0 Å². The third kappa shape index (κ3) is 3.08. The Hall–Kier alpha value is -1.59. The minimum atomic E-state index is -1.43. The van der Waals surface area contributed by atoms with Crippen molar-refractivity contribution in [3.8, 4) is 0 Å². The van der Waals surface area contributed by atoms with Crippen molar-refractivity contribution in [1.29, 1.82) is 0 Å². The first-order valence-electron chi connectivity index (χ1n) is 11.2. The molecular weight excluding hydrogens is 374 g/mol. The molecule has 0 unspecified atom stereocenters. The molecule has 4 aliphatic carbocycles. The first-order chi connectivity index (χ1) is 14.2. The fourth-order valence-corrected chi connectivity index (χ4v) is 7.53. The largest absolute Gasteiger partial charge is 0.488 e. The van der Waals surface area contributed by atoms with Crippen LogP contribution in [0.25, 0.3) is 0 Å². The topological polar surface area (TPSA) is 80.9 Å². The highest BCUT2D eigenvalue weighted by Gasteiger charge is 2.58. The Morgan fingerprint density at radius 1 is 0.700 bits per heavy atom.